The number of rotatable bonds is 3. The number of morpholine rings is 1. The van der Waals surface area contributed by atoms with Crippen LogP contribution in [0.15, 0.2) is 30.3 Å². The second kappa shape index (κ2) is 4.92. The fourth-order valence-corrected chi connectivity index (χ4v) is 1.73. The van der Waals surface area contributed by atoms with Crippen LogP contribution in [-0.4, -0.2) is 41.6 Å². The Bertz CT molecular complexity index is 421. The van der Waals surface area contributed by atoms with E-state index in [0.29, 0.717) is 5.56 Å². The van der Waals surface area contributed by atoms with Crippen molar-refractivity contribution in [1.82, 2.24) is 5.01 Å². The van der Waals surface area contributed by atoms with Gasteiger partial charge in [-0.1, -0.05) is 30.3 Å². The second-order valence-electron chi connectivity index (χ2n) is 3.74. The average Bonchev–Trinajstić information content (AvgIpc) is 2.39. The maximum Gasteiger partial charge on any atom is 0.193 e. The third-order valence-corrected chi connectivity index (χ3v) is 2.63. The van der Waals surface area contributed by atoms with Gasteiger partial charge in [-0.25, -0.2) is 10.1 Å². The lowest BCUT2D eigenvalue weighted by Crippen LogP contribution is -2.48. The predicted molar refractivity (Wildman–Crippen MR) is 59.1 cm³/mol. The van der Waals surface area contributed by atoms with Gasteiger partial charge in [0.2, 0.25) is 0 Å². The summed E-state index contributed by atoms with van der Waals surface area (Å²) in [5.41, 5.74) is 0.516. The molecule has 1 fully saturated rings. The summed E-state index contributed by atoms with van der Waals surface area (Å²) in [5.74, 6) is -0.211. The van der Waals surface area contributed by atoms with E-state index in [1.807, 2.05) is 6.07 Å². The molecule has 2 rings (SSSR count). The van der Waals surface area contributed by atoms with E-state index in [4.69, 9.17) is 4.74 Å². The van der Waals surface area contributed by atoms with Gasteiger partial charge in [0.05, 0.1) is 6.61 Å². The molecule has 0 N–H and O–H groups in total. The SMILES string of the molecule is O=C(c1ccccc1)C1CN([N+](=O)[O-])CCO1. The number of hydrogen-bond donors (Lipinski definition) is 0. The summed E-state index contributed by atoms with van der Waals surface area (Å²) >= 11 is 0. The Balaban J connectivity index is 2.07. The van der Waals surface area contributed by atoms with Crippen LogP contribution in [0.4, 0.5) is 0 Å². The van der Waals surface area contributed by atoms with Crippen molar-refractivity contribution in [3.8, 4) is 0 Å². The summed E-state index contributed by atoms with van der Waals surface area (Å²) in [5, 5.41) is 11.1. The Hall–Kier alpha value is -1.95. The molecule has 1 aromatic carbocycles. The topological polar surface area (TPSA) is 72.7 Å². The summed E-state index contributed by atoms with van der Waals surface area (Å²) in [4.78, 5) is 22.6. The van der Waals surface area contributed by atoms with Gasteiger partial charge in [0.1, 0.15) is 19.2 Å². The maximum absolute atomic E-state index is 12.0. The minimum Gasteiger partial charge on any atom is -0.366 e. The third-order valence-electron chi connectivity index (χ3n) is 2.63. The molecule has 0 bridgehead atoms. The molecule has 6 heteroatoms. The third kappa shape index (κ3) is 2.59. The quantitative estimate of drug-likeness (QED) is 0.440. The molecule has 6 nitrogen and oxygen atoms in total. The number of nitrogens with zero attached hydrogens (tertiary/aromatic N) is 2. The highest BCUT2D eigenvalue weighted by molar-refractivity contribution is 5.99. The predicted octanol–water partition coefficient (Wildman–Crippen LogP) is 0.762. The van der Waals surface area contributed by atoms with E-state index in [0.717, 1.165) is 5.01 Å². The lowest BCUT2D eigenvalue weighted by Gasteiger charge is -2.26. The van der Waals surface area contributed by atoms with Crippen LogP contribution in [0.2, 0.25) is 0 Å². The van der Waals surface area contributed by atoms with E-state index < -0.39 is 11.1 Å². The van der Waals surface area contributed by atoms with E-state index >= 15 is 0 Å². The number of hydrogen-bond acceptors (Lipinski definition) is 4. The first-order chi connectivity index (χ1) is 8.18. The average molecular weight is 236 g/mol. The second-order valence-corrected chi connectivity index (χ2v) is 3.74. The van der Waals surface area contributed by atoms with Crippen molar-refractivity contribution in [2.75, 3.05) is 19.7 Å². The highest BCUT2D eigenvalue weighted by Crippen LogP contribution is 2.11. The molecule has 0 radical (unpaired) electrons. The van der Waals surface area contributed by atoms with Crippen LogP contribution in [0.3, 0.4) is 0 Å². The number of carbonyl (C=O) groups is 1. The molecular formula is C11H12N2O4. The van der Waals surface area contributed by atoms with Gasteiger partial charge in [-0.3, -0.25) is 4.79 Å². The zero-order chi connectivity index (χ0) is 12.3. The molecule has 0 saturated carbocycles. The molecule has 0 amide bonds. The summed E-state index contributed by atoms with van der Waals surface area (Å²) < 4.78 is 5.28. The van der Waals surface area contributed by atoms with Gasteiger partial charge in [0.25, 0.3) is 0 Å². The Morgan fingerprint density at radius 3 is 2.76 bits per heavy atom. The highest BCUT2D eigenvalue weighted by atomic mass is 16.7. The standard InChI is InChI=1S/C11H12N2O4/c14-11(9-4-2-1-3-5-9)10-8-12(13(15)16)6-7-17-10/h1-5,10H,6-8H2. The first-order valence-electron chi connectivity index (χ1n) is 5.28. The molecule has 0 aromatic heterocycles. The molecular weight excluding hydrogens is 224 g/mol. The lowest BCUT2D eigenvalue weighted by atomic mass is 10.1. The summed E-state index contributed by atoms with van der Waals surface area (Å²) in [6.07, 6.45) is -0.753. The summed E-state index contributed by atoms with van der Waals surface area (Å²) in [6, 6.07) is 8.66. The fourth-order valence-electron chi connectivity index (χ4n) is 1.73. The maximum atomic E-state index is 12.0. The number of carbonyl (C=O) groups excluding carboxylic acids is 1. The van der Waals surface area contributed by atoms with Crippen molar-refractivity contribution in [1.29, 1.82) is 0 Å². The molecule has 0 spiro atoms. The minimum absolute atomic E-state index is 0.000722. The molecule has 17 heavy (non-hydrogen) atoms. The normalized spacial score (nSPS) is 20.0. The van der Waals surface area contributed by atoms with E-state index in [2.05, 4.69) is 0 Å². The molecule has 90 valence electrons. The van der Waals surface area contributed by atoms with E-state index in [9.17, 15) is 14.9 Å². The van der Waals surface area contributed by atoms with Crippen molar-refractivity contribution in [2.45, 2.75) is 6.10 Å². The van der Waals surface area contributed by atoms with Gasteiger partial charge in [-0.15, -0.1) is 5.01 Å². The Morgan fingerprint density at radius 2 is 2.12 bits per heavy atom. The lowest BCUT2D eigenvalue weighted by molar-refractivity contribution is -0.660. The van der Waals surface area contributed by atoms with E-state index in [1.54, 1.807) is 24.3 Å². The molecule has 0 aliphatic carbocycles. The number of ether oxygens (including phenoxy) is 1. The van der Waals surface area contributed by atoms with Crippen LogP contribution >= 0.6 is 0 Å². The first-order valence-corrected chi connectivity index (χ1v) is 5.28. The number of ketones is 1. The van der Waals surface area contributed by atoms with Crippen LogP contribution in [0.5, 0.6) is 0 Å². The monoisotopic (exact) mass is 236 g/mol. The van der Waals surface area contributed by atoms with E-state index in [-0.39, 0.29) is 25.5 Å². The first kappa shape index (κ1) is 11.5. The number of Topliss-reactive ketones (excluding diaryl/α,β-unsaturated/α-hetero) is 1. The zero-order valence-corrected chi connectivity index (χ0v) is 9.11. The zero-order valence-electron chi connectivity index (χ0n) is 9.11. The van der Waals surface area contributed by atoms with Gasteiger partial charge in [-0.05, 0) is 0 Å². The van der Waals surface area contributed by atoms with Gasteiger partial charge in [-0.2, -0.15) is 0 Å². The minimum atomic E-state index is -0.753. The fraction of sp³-hybridized carbons (Fsp3) is 0.364. The van der Waals surface area contributed by atoms with Gasteiger partial charge in [0, 0.05) is 5.56 Å². The smallest absolute Gasteiger partial charge is 0.193 e. The van der Waals surface area contributed by atoms with Gasteiger partial charge in [0.15, 0.2) is 10.8 Å². The van der Waals surface area contributed by atoms with Crippen molar-refractivity contribution in [2.24, 2.45) is 0 Å². The molecule has 1 atom stereocenters. The summed E-state index contributed by atoms with van der Waals surface area (Å²) in [6.45, 7) is 0.413. The molecule has 1 aliphatic rings. The van der Waals surface area contributed by atoms with Crippen LogP contribution in [0.1, 0.15) is 10.4 Å². The van der Waals surface area contributed by atoms with Crippen LogP contribution in [0.25, 0.3) is 0 Å². The van der Waals surface area contributed by atoms with E-state index in [1.165, 1.54) is 0 Å². The highest BCUT2D eigenvalue weighted by Gasteiger charge is 2.31. The van der Waals surface area contributed by atoms with Gasteiger partial charge < -0.3 is 4.74 Å². The van der Waals surface area contributed by atoms with Crippen LogP contribution < -0.4 is 0 Å². The number of nitro groups is 1. The van der Waals surface area contributed by atoms with Crippen molar-refractivity contribution in [3.63, 3.8) is 0 Å². The van der Waals surface area contributed by atoms with Crippen molar-refractivity contribution in [3.05, 3.63) is 46.0 Å². The summed E-state index contributed by atoms with van der Waals surface area (Å²) in [7, 11) is 0. The molecule has 1 unspecified atom stereocenters. The van der Waals surface area contributed by atoms with Crippen LogP contribution in [-0.2, 0) is 4.74 Å². The molecule has 1 heterocycles. The number of hydrazine groups is 1. The molecule has 1 saturated heterocycles. The number of benzene rings is 1. The van der Waals surface area contributed by atoms with Gasteiger partial charge >= 0.3 is 0 Å². The Kier molecular flexibility index (Phi) is 3.34. The Morgan fingerprint density at radius 1 is 1.41 bits per heavy atom. The van der Waals surface area contributed by atoms with Crippen molar-refractivity contribution >= 4 is 5.78 Å². The molecule has 1 aromatic rings. The molecule has 1 aliphatic heterocycles. The largest absolute Gasteiger partial charge is 0.366 e. The van der Waals surface area contributed by atoms with Crippen molar-refractivity contribution < 1.29 is 14.6 Å². The van der Waals surface area contributed by atoms with Crippen LogP contribution in [0, 0.1) is 10.1 Å². The Labute approximate surface area is 97.9 Å².